The van der Waals surface area contributed by atoms with E-state index in [4.69, 9.17) is 21.1 Å². The number of fused-ring (bicyclic) bond motifs is 1. The van der Waals surface area contributed by atoms with Crippen LogP contribution in [0, 0.1) is 0 Å². The SMILES string of the molecule is CC(=O)c1c(Cl)ccc2c1OCCO2. The molecular formula is C10H9ClO3. The van der Waals surface area contributed by atoms with Crippen LogP contribution in [0.1, 0.15) is 17.3 Å². The normalized spacial score (nSPS) is 13.9. The Labute approximate surface area is 86.6 Å². The smallest absolute Gasteiger partial charge is 0.173 e. The first-order valence-corrected chi connectivity index (χ1v) is 4.67. The average molecular weight is 213 g/mol. The van der Waals surface area contributed by atoms with Crippen molar-refractivity contribution in [3.05, 3.63) is 22.7 Å². The molecule has 0 bridgehead atoms. The molecule has 0 radical (unpaired) electrons. The van der Waals surface area contributed by atoms with Crippen LogP contribution in [0.5, 0.6) is 11.5 Å². The summed E-state index contributed by atoms with van der Waals surface area (Å²) >= 11 is 5.90. The van der Waals surface area contributed by atoms with Crippen LogP contribution in [0.2, 0.25) is 5.02 Å². The number of carbonyl (C=O) groups excluding carboxylic acids is 1. The highest BCUT2D eigenvalue weighted by Crippen LogP contribution is 2.37. The van der Waals surface area contributed by atoms with E-state index in [0.717, 1.165) is 0 Å². The third-order valence-electron chi connectivity index (χ3n) is 2.01. The van der Waals surface area contributed by atoms with Gasteiger partial charge >= 0.3 is 0 Å². The van der Waals surface area contributed by atoms with Gasteiger partial charge in [0.15, 0.2) is 17.3 Å². The van der Waals surface area contributed by atoms with Gasteiger partial charge in [-0.2, -0.15) is 0 Å². The van der Waals surface area contributed by atoms with E-state index in [2.05, 4.69) is 0 Å². The second kappa shape index (κ2) is 3.50. The maximum absolute atomic E-state index is 11.3. The van der Waals surface area contributed by atoms with E-state index in [1.165, 1.54) is 6.92 Å². The minimum atomic E-state index is -0.114. The van der Waals surface area contributed by atoms with E-state index < -0.39 is 0 Å². The van der Waals surface area contributed by atoms with Crippen LogP contribution in [0.25, 0.3) is 0 Å². The molecule has 1 aromatic carbocycles. The Bertz CT molecular complexity index is 387. The largest absolute Gasteiger partial charge is 0.486 e. The van der Waals surface area contributed by atoms with E-state index in [1.807, 2.05) is 0 Å². The lowest BCUT2D eigenvalue weighted by molar-refractivity contribution is 0.100. The molecule has 0 N–H and O–H groups in total. The second-order valence-corrected chi connectivity index (χ2v) is 3.41. The molecule has 1 aliphatic heterocycles. The molecule has 1 heterocycles. The van der Waals surface area contributed by atoms with Crippen LogP contribution >= 0.6 is 11.6 Å². The fraction of sp³-hybridized carbons (Fsp3) is 0.300. The van der Waals surface area contributed by atoms with Crippen LogP contribution in [0.3, 0.4) is 0 Å². The summed E-state index contributed by atoms with van der Waals surface area (Å²) in [6, 6.07) is 3.36. The molecule has 0 aliphatic carbocycles. The van der Waals surface area contributed by atoms with Crippen molar-refractivity contribution in [2.75, 3.05) is 13.2 Å². The van der Waals surface area contributed by atoms with Gasteiger partial charge in [0.05, 0.1) is 10.6 Å². The van der Waals surface area contributed by atoms with Gasteiger partial charge in [-0.1, -0.05) is 11.6 Å². The van der Waals surface area contributed by atoms with Crippen LogP contribution in [-0.2, 0) is 0 Å². The first kappa shape index (κ1) is 9.34. The summed E-state index contributed by atoms with van der Waals surface area (Å²) in [6.45, 7) is 2.42. The number of rotatable bonds is 1. The molecule has 0 atom stereocenters. The van der Waals surface area contributed by atoms with Gasteiger partial charge < -0.3 is 9.47 Å². The first-order valence-electron chi connectivity index (χ1n) is 4.29. The number of Topliss-reactive ketones (excluding diaryl/α,β-unsaturated/α-hetero) is 1. The number of hydrogen-bond acceptors (Lipinski definition) is 3. The molecule has 74 valence electrons. The van der Waals surface area contributed by atoms with Gasteiger partial charge in [0.1, 0.15) is 13.2 Å². The van der Waals surface area contributed by atoms with Crippen molar-refractivity contribution in [3.8, 4) is 11.5 Å². The standard InChI is InChI=1S/C10H9ClO3/c1-6(12)9-7(11)2-3-8-10(9)14-5-4-13-8/h2-3H,4-5H2,1H3. The molecule has 0 unspecified atom stereocenters. The molecule has 1 aromatic rings. The third kappa shape index (κ3) is 1.44. The predicted molar refractivity (Wildman–Crippen MR) is 52.4 cm³/mol. The number of benzene rings is 1. The molecule has 0 saturated carbocycles. The van der Waals surface area contributed by atoms with E-state index in [1.54, 1.807) is 12.1 Å². The molecule has 0 amide bonds. The molecular weight excluding hydrogens is 204 g/mol. The van der Waals surface area contributed by atoms with Gasteiger partial charge in [0.2, 0.25) is 0 Å². The minimum absolute atomic E-state index is 0.114. The molecule has 0 fully saturated rings. The summed E-state index contributed by atoms with van der Waals surface area (Å²) in [5.41, 5.74) is 0.406. The fourth-order valence-electron chi connectivity index (χ4n) is 1.42. The Morgan fingerprint density at radius 1 is 1.36 bits per heavy atom. The topological polar surface area (TPSA) is 35.5 Å². The Morgan fingerprint density at radius 3 is 2.79 bits per heavy atom. The Kier molecular flexibility index (Phi) is 2.33. The number of carbonyl (C=O) groups is 1. The zero-order valence-corrected chi connectivity index (χ0v) is 8.43. The zero-order chi connectivity index (χ0) is 10.1. The number of hydrogen-bond donors (Lipinski definition) is 0. The molecule has 0 saturated heterocycles. The van der Waals surface area contributed by atoms with Crippen molar-refractivity contribution in [2.24, 2.45) is 0 Å². The summed E-state index contributed by atoms with van der Waals surface area (Å²) in [5, 5.41) is 0.404. The molecule has 3 nitrogen and oxygen atoms in total. The number of ether oxygens (including phenoxy) is 2. The van der Waals surface area contributed by atoms with Crippen LogP contribution in [0.4, 0.5) is 0 Å². The van der Waals surface area contributed by atoms with Crippen molar-refractivity contribution in [1.82, 2.24) is 0 Å². The first-order chi connectivity index (χ1) is 6.70. The van der Waals surface area contributed by atoms with Gasteiger partial charge in [-0.3, -0.25) is 4.79 Å². The summed E-state index contributed by atoms with van der Waals surface area (Å²) in [4.78, 5) is 11.3. The third-order valence-corrected chi connectivity index (χ3v) is 2.33. The lowest BCUT2D eigenvalue weighted by atomic mass is 10.1. The van der Waals surface area contributed by atoms with Gasteiger partial charge in [-0.05, 0) is 19.1 Å². The van der Waals surface area contributed by atoms with Crippen molar-refractivity contribution in [1.29, 1.82) is 0 Å². The summed E-state index contributed by atoms with van der Waals surface area (Å²) in [5.74, 6) is 0.944. The van der Waals surface area contributed by atoms with Crippen molar-refractivity contribution < 1.29 is 14.3 Å². The molecule has 4 heteroatoms. The highest BCUT2D eigenvalue weighted by atomic mass is 35.5. The maximum atomic E-state index is 11.3. The van der Waals surface area contributed by atoms with Crippen LogP contribution < -0.4 is 9.47 Å². The molecule has 1 aliphatic rings. The average Bonchev–Trinajstić information content (AvgIpc) is 2.17. The van der Waals surface area contributed by atoms with Crippen molar-refractivity contribution >= 4 is 17.4 Å². The van der Waals surface area contributed by atoms with E-state index in [0.29, 0.717) is 35.3 Å². The summed E-state index contributed by atoms with van der Waals surface area (Å²) in [7, 11) is 0. The van der Waals surface area contributed by atoms with E-state index in [9.17, 15) is 4.79 Å². The van der Waals surface area contributed by atoms with Crippen molar-refractivity contribution in [3.63, 3.8) is 0 Å². The Hall–Kier alpha value is -1.22. The molecule has 0 aromatic heterocycles. The van der Waals surface area contributed by atoms with Crippen LogP contribution in [-0.4, -0.2) is 19.0 Å². The lowest BCUT2D eigenvalue weighted by Crippen LogP contribution is -2.17. The number of ketones is 1. The highest BCUT2D eigenvalue weighted by molar-refractivity contribution is 6.34. The zero-order valence-electron chi connectivity index (χ0n) is 7.67. The predicted octanol–water partition coefficient (Wildman–Crippen LogP) is 2.31. The summed E-state index contributed by atoms with van der Waals surface area (Å²) < 4.78 is 10.7. The number of halogens is 1. The Morgan fingerprint density at radius 2 is 2.07 bits per heavy atom. The van der Waals surface area contributed by atoms with E-state index >= 15 is 0 Å². The van der Waals surface area contributed by atoms with Gasteiger partial charge in [-0.25, -0.2) is 0 Å². The van der Waals surface area contributed by atoms with Gasteiger partial charge in [0.25, 0.3) is 0 Å². The van der Waals surface area contributed by atoms with Crippen LogP contribution in [0.15, 0.2) is 12.1 Å². The second-order valence-electron chi connectivity index (χ2n) is 3.00. The quantitative estimate of drug-likeness (QED) is 0.671. The molecule has 0 spiro atoms. The minimum Gasteiger partial charge on any atom is -0.486 e. The van der Waals surface area contributed by atoms with E-state index in [-0.39, 0.29) is 5.78 Å². The lowest BCUT2D eigenvalue weighted by Gasteiger charge is -2.20. The van der Waals surface area contributed by atoms with Crippen molar-refractivity contribution in [2.45, 2.75) is 6.92 Å². The highest BCUT2D eigenvalue weighted by Gasteiger charge is 2.21. The molecule has 2 rings (SSSR count). The fourth-order valence-corrected chi connectivity index (χ4v) is 1.70. The Balaban J connectivity index is 2.60. The van der Waals surface area contributed by atoms with Gasteiger partial charge in [0, 0.05) is 0 Å². The van der Waals surface area contributed by atoms with Gasteiger partial charge in [-0.15, -0.1) is 0 Å². The molecule has 14 heavy (non-hydrogen) atoms. The summed E-state index contributed by atoms with van der Waals surface area (Å²) in [6.07, 6.45) is 0. The maximum Gasteiger partial charge on any atom is 0.173 e. The monoisotopic (exact) mass is 212 g/mol.